The molecular weight excluding hydrogens is 444 g/mol. The third-order valence-corrected chi connectivity index (χ3v) is 5.76. The van der Waals surface area contributed by atoms with E-state index in [4.69, 9.17) is 23.0 Å². The molecule has 0 unspecified atom stereocenters. The molecule has 0 aliphatic carbocycles. The number of hydrogen-bond donors (Lipinski definition) is 5. The van der Waals surface area contributed by atoms with Gasteiger partial charge in [0.15, 0.2) is 22.7 Å². The minimum absolute atomic E-state index is 0.0286. The summed E-state index contributed by atoms with van der Waals surface area (Å²) in [5, 5.41) is 50.8. The highest BCUT2D eigenvalue weighted by atomic mass is 16.7. The number of hydrogen-bond acceptors (Lipinski definition) is 12. The number of rotatable bonds is 3. The van der Waals surface area contributed by atoms with Gasteiger partial charge >= 0.3 is 11.3 Å². The molecule has 1 saturated heterocycles. The van der Waals surface area contributed by atoms with E-state index in [2.05, 4.69) is 0 Å². The smallest absolute Gasteiger partial charge is 0.344 e. The monoisotopic (exact) mass is 462 g/mol. The number of methoxy groups -OCH3 is 1. The molecule has 0 radical (unpaired) electrons. The number of aromatic hydroxyl groups is 2. The van der Waals surface area contributed by atoms with Crippen LogP contribution in [0.1, 0.15) is 6.92 Å². The molecule has 0 spiro atoms. The molecule has 2 aromatic heterocycles. The molecule has 0 amide bonds. The van der Waals surface area contributed by atoms with Crippen LogP contribution in [0.2, 0.25) is 0 Å². The minimum atomic E-state index is -1.72. The summed E-state index contributed by atoms with van der Waals surface area (Å²) >= 11 is 0. The summed E-state index contributed by atoms with van der Waals surface area (Å²) in [7, 11) is 1.23. The summed E-state index contributed by atoms with van der Waals surface area (Å²) in [5.41, 5.74) is -2.46. The van der Waals surface area contributed by atoms with Gasteiger partial charge < -0.3 is 48.6 Å². The zero-order valence-electron chi connectivity index (χ0n) is 17.1. The van der Waals surface area contributed by atoms with Gasteiger partial charge in [-0.25, -0.2) is 9.59 Å². The van der Waals surface area contributed by atoms with Gasteiger partial charge in [0.05, 0.1) is 24.0 Å². The quantitative estimate of drug-likeness (QED) is 0.204. The first-order valence-corrected chi connectivity index (χ1v) is 9.79. The fraction of sp³-hybridized carbons (Fsp3) is 0.333. The fourth-order valence-electron chi connectivity index (χ4n) is 4.10. The zero-order valence-corrected chi connectivity index (χ0v) is 17.1. The second-order valence-electron chi connectivity index (χ2n) is 7.74. The SMILES string of the molecule is COc1c(O)cc2c(=O)oc3c(O[C@@H]4O[C@H](C)[C@@H](O)[C@@H](O)[C@H]4O)c(O)cc4c(=O)oc1c2c34. The Hall–Kier alpha value is -3.58. The van der Waals surface area contributed by atoms with Crippen LogP contribution >= 0.6 is 0 Å². The Kier molecular flexibility index (Phi) is 4.65. The molecule has 12 nitrogen and oxygen atoms in total. The number of aliphatic hydroxyl groups excluding tert-OH is 3. The maximum Gasteiger partial charge on any atom is 0.344 e. The zero-order chi connectivity index (χ0) is 23.8. The van der Waals surface area contributed by atoms with Gasteiger partial charge in [-0.05, 0) is 19.1 Å². The van der Waals surface area contributed by atoms with E-state index in [0.29, 0.717) is 0 Å². The van der Waals surface area contributed by atoms with Crippen LogP contribution in [0, 0.1) is 0 Å². The lowest BCUT2D eigenvalue weighted by Crippen LogP contribution is -2.58. The first kappa shape index (κ1) is 21.3. The van der Waals surface area contributed by atoms with Crippen molar-refractivity contribution in [1.29, 1.82) is 0 Å². The van der Waals surface area contributed by atoms with E-state index in [1.54, 1.807) is 0 Å². The topological polar surface area (TPSA) is 189 Å². The highest BCUT2D eigenvalue weighted by Crippen LogP contribution is 2.45. The average Bonchev–Trinajstić information content (AvgIpc) is 2.77. The maximum absolute atomic E-state index is 12.7. The van der Waals surface area contributed by atoms with Gasteiger partial charge in [0.1, 0.15) is 18.3 Å². The van der Waals surface area contributed by atoms with E-state index in [1.807, 2.05) is 0 Å². The second kappa shape index (κ2) is 7.22. The van der Waals surface area contributed by atoms with Crippen molar-refractivity contribution in [3.8, 4) is 23.0 Å². The van der Waals surface area contributed by atoms with Crippen LogP contribution < -0.4 is 20.7 Å². The molecule has 12 heteroatoms. The normalized spacial score (nSPS) is 25.8. The average molecular weight is 462 g/mol. The summed E-state index contributed by atoms with van der Waals surface area (Å²) in [5.74, 6) is -1.75. The summed E-state index contributed by atoms with van der Waals surface area (Å²) in [6.07, 6.45) is -7.24. The van der Waals surface area contributed by atoms with Crippen LogP contribution in [0.3, 0.4) is 0 Å². The summed E-state index contributed by atoms with van der Waals surface area (Å²) in [4.78, 5) is 25.4. The number of benzene rings is 2. The van der Waals surface area contributed by atoms with Gasteiger partial charge in [-0.15, -0.1) is 0 Å². The minimum Gasteiger partial charge on any atom is -0.504 e. The number of aliphatic hydroxyl groups is 3. The van der Waals surface area contributed by atoms with Gasteiger partial charge in [0, 0.05) is 10.8 Å². The lowest BCUT2D eigenvalue weighted by atomic mass is 9.99. The molecule has 1 aliphatic heterocycles. The van der Waals surface area contributed by atoms with Crippen molar-refractivity contribution < 1.29 is 48.6 Å². The van der Waals surface area contributed by atoms with Gasteiger partial charge in [-0.3, -0.25) is 0 Å². The Bertz CT molecular complexity index is 1500. The molecule has 0 bridgehead atoms. The largest absolute Gasteiger partial charge is 0.504 e. The van der Waals surface area contributed by atoms with Crippen LogP contribution in [0.5, 0.6) is 23.0 Å². The first-order valence-electron chi connectivity index (χ1n) is 9.79. The lowest BCUT2D eigenvalue weighted by molar-refractivity contribution is -0.268. The summed E-state index contributed by atoms with van der Waals surface area (Å²) < 4.78 is 26.7. The van der Waals surface area contributed by atoms with Crippen molar-refractivity contribution in [3.63, 3.8) is 0 Å². The van der Waals surface area contributed by atoms with E-state index in [0.717, 1.165) is 12.1 Å². The van der Waals surface area contributed by atoms with E-state index in [-0.39, 0.29) is 38.5 Å². The number of phenols is 2. The van der Waals surface area contributed by atoms with E-state index < -0.39 is 59.2 Å². The predicted molar refractivity (Wildman–Crippen MR) is 110 cm³/mol. The molecule has 5 N–H and O–H groups in total. The third kappa shape index (κ3) is 2.92. The van der Waals surface area contributed by atoms with E-state index in [9.17, 15) is 35.1 Å². The van der Waals surface area contributed by atoms with E-state index in [1.165, 1.54) is 14.0 Å². The fourth-order valence-corrected chi connectivity index (χ4v) is 4.10. The van der Waals surface area contributed by atoms with Gasteiger partial charge in [0.25, 0.3) is 0 Å². The van der Waals surface area contributed by atoms with Crippen LogP contribution in [0.4, 0.5) is 0 Å². The molecule has 1 aliphatic rings. The Morgan fingerprint density at radius 1 is 0.818 bits per heavy atom. The van der Waals surface area contributed by atoms with Crippen molar-refractivity contribution in [2.75, 3.05) is 7.11 Å². The molecule has 5 atom stereocenters. The summed E-state index contributed by atoms with van der Waals surface area (Å²) in [6.45, 7) is 1.43. The van der Waals surface area contributed by atoms with Crippen molar-refractivity contribution in [3.05, 3.63) is 33.0 Å². The van der Waals surface area contributed by atoms with E-state index >= 15 is 0 Å². The Labute approximate surface area is 182 Å². The Balaban J connectivity index is 1.82. The maximum atomic E-state index is 12.7. The van der Waals surface area contributed by atoms with Crippen LogP contribution in [-0.2, 0) is 4.74 Å². The molecule has 1 fully saturated rings. The van der Waals surface area contributed by atoms with Crippen molar-refractivity contribution in [2.45, 2.75) is 37.6 Å². The van der Waals surface area contributed by atoms with Gasteiger partial charge in [-0.1, -0.05) is 0 Å². The Morgan fingerprint density at radius 3 is 1.88 bits per heavy atom. The number of ether oxygens (including phenoxy) is 3. The van der Waals surface area contributed by atoms with Crippen molar-refractivity contribution in [1.82, 2.24) is 0 Å². The standard InChI is InChI=1S/C21H18O12/c1-5-12(24)13(25)14(26)21(30-5)33-16-9(23)4-7-11-10-6(20(28)32-18(11)16)3-8(22)15(29-2)17(10)31-19(7)27/h3-5,12-14,21-26H,1-2H3/t5-,12-,13-,14-,21+/m1/s1. The first-order chi connectivity index (χ1) is 15.6. The number of phenolic OH excluding ortho intramolecular Hbond substituents is 2. The Morgan fingerprint density at radius 2 is 1.33 bits per heavy atom. The summed E-state index contributed by atoms with van der Waals surface area (Å²) in [6, 6.07) is 2.11. The molecular formula is C21H18O12. The molecule has 0 saturated carbocycles. The van der Waals surface area contributed by atoms with Crippen molar-refractivity contribution >= 4 is 32.7 Å². The van der Waals surface area contributed by atoms with Crippen LogP contribution in [-0.4, -0.2) is 63.3 Å². The second-order valence-corrected chi connectivity index (χ2v) is 7.74. The van der Waals surface area contributed by atoms with Gasteiger partial charge in [0.2, 0.25) is 17.8 Å². The van der Waals surface area contributed by atoms with Gasteiger partial charge in [-0.2, -0.15) is 0 Å². The van der Waals surface area contributed by atoms with Crippen molar-refractivity contribution in [2.24, 2.45) is 0 Å². The molecule has 33 heavy (non-hydrogen) atoms. The highest BCUT2D eigenvalue weighted by Gasteiger charge is 2.44. The molecule has 4 aromatic rings. The molecule has 174 valence electrons. The lowest BCUT2D eigenvalue weighted by Gasteiger charge is -2.38. The molecule has 2 aromatic carbocycles. The predicted octanol–water partition coefficient (Wildman–Crippen LogP) is 0.116. The molecule has 3 heterocycles. The van der Waals surface area contributed by atoms with Crippen LogP contribution in [0.15, 0.2) is 30.6 Å². The molecule has 5 rings (SSSR count). The van der Waals surface area contributed by atoms with Crippen LogP contribution in [0.25, 0.3) is 32.7 Å². The highest BCUT2D eigenvalue weighted by molar-refractivity contribution is 6.22. The third-order valence-electron chi connectivity index (χ3n) is 5.76.